The second-order valence-corrected chi connectivity index (χ2v) is 6.07. The molecular weight excluding hydrogens is 362 g/mol. The van der Waals surface area contributed by atoms with Crippen molar-refractivity contribution >= 4 is 37.5 Å². The third-order valence-corrected chi connectivity index (χ3v) is 3.53. The molecule has 0 atom stereocenters. The number of halogens is 2. The second kappa shape index (κ2) is 8.02. The third-order valence-electron chi connectivity index (χ3n) is 2.25. The van der Waals surface area contributed by atoms with Gasteiger partial charge >= 0.3 is 0 Å². The molecule has 0 aliphatic heterocycles. The molecule has 0 saturated carbocycles. The minimum Gasteiger partial charge on any atom is -0.495 e. The van der Waals surface area contributed by atoms with Gasteiger partial charge in [0.2, 0.25) is 0 Å². The van der Waals surface area contributed by atoms with Crippen LogP contribution in [0.25, 0.3) is 0 Å². The molecule has 0 unspecified atom stereocenters. The quantitative estimate of drug-likeness (QED) is 0.715. The lowest BCUT2D eigenvalue weighted by Crippen LogP contribution is -2.12. The lowest BCUT2D eigenvalue weighted by Gasteiger charge is -2.12. The molecule has 0 amide bonds. The largest absolute Gasteiger partial charge is 0.495 e. The van der Waals surface area contributed by atoms with E-state index >= 15 is 0 Å². The number of nitrogens with one attached hydrogen (secondary N) is 1. The summed E-state index contributed by atoms with van der Waals surface area (Å²) in [6, 6.07) is 3.92. The Morgan fingerprint density at radius 3 is 2.56 bits per heavy atom. The molecule has 0 saturated heterocycles. The van der Waals surface area contributed by atoms with Crippen LogP contribution in [0.2, 0.25) is 0 Å². The summed E-state index contributed by atoms with van der Waals surface area (Å²) in [5, 5.41) is 3.32. The van der Waals surface area contributed by atoms with Crippen molar-refractivity contribution < 1.29 is 9.47 Å². The van der Waals surface area contributed by atoms with Crippen molar-refractivity contribution in [2.24, 2.45) is 5.92 Å². The normalized spacial score (nSPS) is 10.8. The average molecular weight is 381 g/mol. The SMILES string of the molecule is COc1cc(NCCOCC(C)C)c(Br)cc1Br. The molecule has 0 aromatic heterocycles. The first kappa shape index (κ1) is 15.8. The molecule has 0 spiro atoms. The zero-order valence-corrected chi connectivity index (χ0v) is 14.1. The van der Waals surface area contributed by atoms with Crippen molar-refractivity contribution in [3.63, 3.8) is 0 Å². The molecule has 0 radical (unpaired) electrons. The van der Waals surface area contributed by atoms with Gasteiger partial charge in [-0.15, -0.1) is 0 Å². The van der Waals surface area contributed by atoms with Crippen LogP contribution in [0.5, 0.6) is 5.75 Å². The van der Waals surface area contributed by atoms with Crippen LogP contribution in [0.15, 0.2) is 21.1 Å². The Hall–Kier alpha value is -0.260. The zero-order chi connectivity index (χ0) is 13.5. The Labute approximate surface area is 125 Å². The van der Waals surface area contributed by atoms with Gasteiger partial charge in [0.05, 0.1) is 23.9 Å². The molecule has 1 aromatic rings. The van der Waals surface area contributed by atoms with Crippen LogP contribution in [-0.4, -0.2) is 26.9 Å². The molecule has 102 valence electrons. The van der Waals surface area contributed by atoms with Crippen LogP contribution in [0.4, 0.5) is 5.69 Å². The van der Waals surface area contributed by atoms with E-state index in [4.69, 9.17) is 9.47 Å². The first-order valence-corrected chi connectivity index (χ1v) is 7.47. The fourth-order valence-electron chi connectivity index (χ4n) is 1.40. The van der Waals surface area contributed by atoms with Crippen molar-refractivity contribution in [2.75, 3.05) is 32.2 Å². The molecule has 1 aromatic carbocycles. The molecule has 0 bridgehead atoms. The van der Waals surface area contributed by atoms with E-state index in [2.05, 4.69) is 51.0 Å². The van der Waals surface area contributed by atoms with Crippen LogP contribution >= 0.6 is 31.9 Å². The lowest BCUT2D eigenvalue weighted by atomic mass is 10.2. The molecule has 1 rings (SSSR count). The number of hydrogen-bond donors (Lipinski definition) is 1. The van der Waals surface area contributed by atoms with E-state index in [1.165, 1.54) is 0 Å². The van der Waals surface area contributed by atoms with Crippen molar-refractivity contribution in [1.82, 2.24) is 0 Å². The van der Waals surface area contributed by atoms with Gasteiger partial charge in [0, 0.05) is 23.7 Å². The lowest BCUT2D eigenvalue weighted by molar-refractivity contribution is 0.118. The number of anilines is 1. The van der Waals surface area contributed by atoms with Gasteiger partial charge < -0.3 is 14.8 Å². The van der Waals surface area contributed by atoms with Crippen molar-refractivity contribution in [3.05, 3.63) is 21.1 Å². The monoisotopic (exact) mass is 379 g/mol. The molecule has 3 nitrogen and oxygen atoms in total. The summed E-state index contributed by atoms with van der Waals surface area (Å²) in [7, 11) is 1.66. The first-order chi connectivity index (χ1) is 8.54. The highest BCUT2D eigenvalue weighted by Crippen LogP contribution is 2.34. The number of methoxy groups -OCH3 is 1. The highest BCUT2D eigenvalue weighted by molar-refractivity contribution is 9.11. The fourth-order valence-corrected chi connectivity index (χ4v) is 2.69. The van der Waals surface area contributed by atoms with Gasteiger partial charge in [-0.3, -0.25) is 0 Å². The highest BCUT2D eigenvalue weighted by atomic mass is 79.9. The Morgan fingerprint density at radius 2 is 1.94 bits per heavy atom. The fraction of sp³-hybridized carbons (Fsp3) is 0.538. The molecule has 0 aliphatic carbocycles. The minimum absolute atomic E-state index is 0.574. The van der Waals surface area contributed by atoms with Gasteiger partial charge in [-0.05, 0) is 43.8 Å². The van der Waals surface area contributed by atoms with Crippen LogP contribution in [0.1, 0.15) is 13.8 Å². The van der Waals surface area contributed by atoms with Crippen LogP contribution in [0, 0.1) is 5.92 Å². The van der Waals surface area contributed by atoms with Crippen LogP contribution in [-0.2, 0) is 4.74 Å². The van der Waals surface area contributed by atoms with E-state index in [1.807, 2.05) is 12.1 Å². The van der Waals surface area contributed by atoms with Gasteiger partial charge in [0.25, 0.3) is 0 Å². The van der Waals surface area contributed by atoms with E-state index in [0.717, 1.165) is 33.5 Å². The number of ether oxygens (including phenoxy) is 2. The van der Waals surface area contributed by atoms with E-state index in [0.29, 0.717) is 12.5 Å². The number of hydrogen-bond acceptors (Lipinski definition) is 3. The standard InChI is InChI=1S/C13H19Br2NO2/c1-9(2)8-18-5-4-16-12-7-13(17-3)11(15)6-10(12)14/h6-7,9,16H,4-5,8H2,1-3H3. The summed E-state index contributed by atoms with van der Waals surface area (Å²) in [5.41, 5.74) is 1.00. The van der Waals surface area contributed by atoms with Crippen molar-refractivity contribution in [1.29, 1.82) is 0 Å². The smallest absolute Gasteiger partial charge is 0.135 e. The topological polar surface area (TPSA) is 30.5 Å². The van der Waals surface area contributed by atoms with E-state index in [-0.39, 0.29) is 0 Å². The maximum absolute atomic E-state index is 5.52. The summed E-state index contributed by atoms with van der Waals surface area (Å²) in [5.74, 6) is 1.38. The summed E-state index contributed by atoms with van der Waals surface area (Å²) >= 11 is 6.96. The molecule has 1 N–H and O–H groups in total. The maximum atomic E-state index is 5.52. The zero-order valence-electron chi connectivity index (χ0n) is 10.9. The van der Waals surface area contributed by atoms with Gasteiger partial charge in [-0.1, -0.05) is 13.8 Å². The highest BCUT2D eigenvalue weighted by Gasteiger charge is 2.06. The summed E-state index contributed by atoms with van der Waals surface area (Å²) in [6.45, 7) is 6.55. The average Bonchev–Trinajstić information content (AvgIpc) is 2.30. The predicted octanol–water partition coefficient (Wildman–Crippen LogP) is 4.30. The van der Waals surface area contributed by atoms with Crippen molar-refractivity contribution in [2.45, 2.75) is 13.8 Å². The van der Waals surface area contributed by atoms with Crippen LogP contribution < -0.4 is 10.1 Å². The van der Waals surface area contributed by atoms with E-state index in [9.17, 15) is 0 Å². The Morgan fingerprint density at radius 1 is 1.22 bits per heavy atom. The molecule has 0 fully saturated rings. The van der Waals surface area contributed by atoms with Gasteiger partial charge in [0.15, 0.2) is 0 Å². The maximum Gasteiger partial charge on any atom is 0.135 e. The molecule has 0 heterocycles. The predicted molar refractivity (Wildman–Crippen MR) is 82.5 cm³/mol. The Kier molecular flexibility index (Phi) is 7.04. The first-order valence-electron chi connectivity index (χ1n) is 5.89. The van der Waals surface area contributed by atoms with E-state index in [1.54, 1.807) is 7.11 Å². The molecule has 5 heteroatoms. The molecule has 0 aliphatic rings. The third kappa shape index (κ3) is 5.16. The summed E-state index contributed by atoms with van der Waals surface area (Å²) in [6.07, 6.45) is 0. The summed E-state index contributed by atoms with van der Waals surface area (Å²) < 4.78 is 12.7. The van der Waals surface area contributed by atoms with Crippen molar-refractivity contribution in [3.8, 4) is 5.75 Å². The molecular formula is C13H19Br2NO2. The van der Waals surface area contributed by atoms with E-state index < -0.39 is 0 Å². The number of rotatable bonds is 7. The Bertz CT molecular complexity index is 383. The number of benzene rings is 1. The Balaban J connectivity index is 2.47. The minimum atomic E-state index is 0.574. The van der Waals surface area contributed by atoms with Gasteiger partial charge in [0.1, 0.15) is 5.75 Å². The second-order valence-electron chi connectivity index (χ2n) is 4.36. The van der Waals surface area contributed by atoms with Crippen LogP contribution in [0.3, 0.4) is 0 Å². The van der Waals surface area contributed by atoms with Gasteiger partial charge in [-0.2, -0.15) is 0 Å². The van der Waals surface area contributed by atoms with Gasteiger partial charge in [-0.25, -0.2) is 0 Å². The summed E-state index contributed by atoms with van der Waals surface area (Å²) in [4.78, 5) is 0. The molecule has 18 heavy (non-hydrogen) atoms.